The molecule has 0 saturated heterocycles. The van der Waals surface area contributed by atoms with E-state index in [9.17, 15) is 4.57 Å². The van der Waals surface area contributed by atoms with Crippen LogP contribution in [0, 0.1) is 11.6 Å². The van der Waals surface area contributed by atoms with E-state index in [1.54, 1.807) is 6.92 Å². The SMILES string of the molecule is CC#CP=O. The Morgan fingerprint density at radius 3 is 2.40 bits per heavy atom. The molecule has 0 atom stereocenters. The second-order valence-electron chi connectivity index (χ2n) is 0.453. The summed E-state index contributed by atoms with van der Waals surface area (Å²) >= 11 is 0. The fourth-order valence-corrected chi connectivity index (χ4v) is 0.137. The first kappa shape index (κ1) is 4.66. The molecule has 0 heterocycles. The molecule has 0 N–H and O–H groups in total. The first-order chi connectivity index (χ1) is 2.41. The predicted octanol–water partition coefficient (Wildman–Crippen LogP) is 1.26. The van der Waals surface area contributed by atoms with Crippen LogP contribution in [0.25, 0.3) is 0 Å². The highest BCUT2D eigenvalue weighted by Gasteiger charge is 1.46. The second kappa shape index (κ2) is 3.66. The first-order valence-corrected chi connectivity index (χ1v) is 1.97. The minimum absolute atomic E-state index is 0.0814. The molecule has 0 aromatic heterocycles. The van der Waals surface area contributed by atoms with Gasteiger partial charge in [0.05, 0.1) is 0 Å². The Hall–Kier alpha value is -0.340. The van der Waals surface area contributed by atoms with E-state index >= 15 is 0 Å². The van der Waals surface area contributed by atoms with Crippen molar-refractivity contribution in [2.24, 2.45) is 0 Å². The Balaban J connectivity index is 3.16. The molecule has 0 radical (unpaired) electrons. The van der Waals surface area contributed by atoms with Crippen molar-refractivity contribution in [1.82, 2.24) is 0 Å². The maximum absolute atomic E-state index is 9.33. The van der Waals surface area contributed by atoms with Gasteiger partial charge in [-0.2, -0.15) is 0 Å². The zero-order valence-corrected chi connectivity index (χ0v) is 3.75. The van der Waals surface area contributed by atoms with Crippen LogP contribution in [0.15, 0.2) is 0 Å². The Morgan fingerprint density at radius 1 is 1.80 bits per heavy atom. The normalized spacial score (nSPS) is 5.80. The minimum Gasteiger partial charge on any atom is -0.260 e. The zero-order valence-electron chi connectivity index (χ0n) is 2.86. The van der Waals surface area contributed by atoms with Gasteiger partial charge in [0.1, 0.15) is 0 Å². The Kier molecular flexibility index (Phi) is 3.41. The van der Waals surface area contributed by atoms with Crippen LogP contribution < -0.4 is 0 Å². The first-order valence-electron chi connectivity index (χ1n) is 1.16. The van der Waals surface area contributed by atoms with Crippen LogP contribution in [0.3, 0.4) is 0 Å². The summed E-state index contributed by atoms with van der Waals surface area (Å²) in [5.74, 6) is 2.44. The molecular weight excluding hydrogens is 83.0 g/mol. The highest BCUT2D eigenvalue weighted by Crippen LogP contribution is 1.79. The Morgan fingerprint density at radius 2 is 2.40 bits per heavy atom. The van der Waals surface area contributed by atoms with Crippen molar-refractivity contribution in [3.8, 4) is 11.6 Å². The van der Waals surface area contributed by atoms with E-state index in [1.807, 2.05) is 0 Å². The molecule has 0 aromatic rings. The lowest BCUT2D eigenvalue weighted by atomic mass is 10.9. The molecule has 0 spiro atoms. The standard InChI is InChI=1S/C3H3OP/c1-2-3-5-4/h1H3. The molecule has 0 unspecified atom stereocenters. The third-order valence-electron chi connectivity index (χ3n) is 0.157. The van der Waals surface area contributed by atoms with Crippen molar-refractivity contribution in [3.63, 3.8) is 0 Å². The van der Waals surface area contributed by atoms with Crippen LogP contribution in [0.4, 0.5) is 0 Å². The topological polar surface area (TPSA) is 17.1 Å². The van der Waals surface area contributed by atoms with E-state index in [-0.39, 0.29) is 8.46 Å². The minimum atomic E-state index is -0.0814. The highest BCUT2D eigenvalue weighted by molar-refractivity contribution is 7.30. The van der Waals surface area contributed by atoms with Gasteiger partial charge in [-0.15, -0.1) is 0 Å². The largest absolute Gasteiger partial charge is 0.260 e. The third-order valence-corrected chi connectivity index (χ3v) is 0.472. The molecule has 0 amide bonds. The van der Waals surface area contributed by atoms with Gasteiger partial charge in [-0.3, -0.25) is 4.57 Å². The lowest BCUT2D eigenvalue weighted by molar-refractivity contribution is 0.603. The van der Waals surface area contributed by atoms with E-state index in [0.29, 0.717) is 0 Å². The van der Waals surface area contributed by atoms with E-state index in [0.717, 1.165) is 0 Å². The molecule has 5 heavy (non-hydrogen) atoms. The van der Waals surface area contributed by atoms with E-state index in [1.165, 1.54) is 0 Å². The molecule has 0 aliphatic rings. The van der Waals surface area contributed by atoms with Gasteiger partial charge in [-0.1, -0.05) is 5.92 Å². The van der Waals surface area contributed by atoms with Crippen molar-refractivity contribution in [3.05, 3.63) is 0 Å². The van der Waals surface area contributed by atoms with Crippen molar-refractivity contribution in [2.45, 2.75) is 6.92 Å². The number of hydrogen-bond donors (Lipinski definition) is 0. The predicted molar refractivity (Wildman–Crippen MR) is 21.1 cm³/mol. The van der Waals surface area contributed by atoms with E-state index in [4.69, 9.17) is 0 Å². The van der Waals surface area contributed by atoms with Gasteiger partial charge in [-0.05, 0) is 12.6 Å². The average molecular weight is 86.0 g/mol. The molecule has 2 heteroatoms. The molecule has 0 rings (SSSR count). The van der Waals surface area contributed by atoms with E-state index < -0.39 is 0 Å². The summed E-state index contributed by atoms with van der Waals surface area (Å²) in [6.45, 7) is 1.64. The summed E-state index contributed by atoms with van der Waals surface area (Å²) in [6.07, 6.45) is 0. The fourth-order valence-electron chi connectivity index (χ4n) is 0.0456. The van der Waals surface area contributed by atoms with Gasteiger partial charge in [-0.25, -0.2) is 0 Å². The van der Waals surface area contributed by atoms with Crippen LogP contribution in [0.2, 0.25) is 0 Å². The van der Waals surface area contributed by atoms with E-state index in [2.05, 4.69) is 11.6 Å². The summed E-state index contributed by atoms with van der Waals surface area (Å²) in [5.41, 5.74) is 2.28. The molecule has 0 fully saturated rings. The van der Waals surface area contributed by atoms with Gasteiger partial charge < -0.3 is 0 Å². The molecule has 0 bridgehead atoms. The fraction of sp³-hybridized carbons (Fsp3) is 0.333. The van der Waals surface area contributed by atoms with Crippen molar-refractivity contribution in [2.75, 3.05) is 0 Å². The van der Waals surface area contributed by atoms with Crippen LogP contribution in [-0.2, 0) is 4.57 Å². The second-order valence-corrected chi connectivity index (χ2v) is 0.859. The van der Waals surface area contributed by atoms with Crippen LogP contribution in [-0.4, -0.2) is 0 Å². The van der Waals surface area contributed by atoms with Crippen molar-refractivity contribution in [1.29, 1.82) is 0 Å². The van der Waals surface area contributed by atoms with Gasteiger partial charge in [0.15, 0.2) is 0 Å². The summed E-state index contributed by atoms with van der Waals surface area (Å²) in [5, 5.41) is 0. The molecular formula is C3H3OP. The van der Waals surface area contributed by atoms with Crippen molar-refractivity contribution >= 4 is 8.46 Å². The van der Waals surface area contributed by atoms with Gasteiger partial charge in [0.2, 0.25) is 8.46 Å². The maximum Gasteiger partial charge on any atom is 0.246 e. The summed E-state index contributed by atoms with van der Waals surface area (Å²) in [6, 6.07) is 0. The summed E-state index contributed by atoms with van der Waals surface area (Å²) in [7, 11) is -0.0814. The smallest absolute Gasteiger partial charge is 0.246 e. The van der Waals surface area contributed by atoms with Crippen LogP contribution in [0.1, 0.15) is 6.92 Å². The summed E-state index contributed by atoms with van der Waals surface area (Å²) in [4.78, 5) is 0. The Bertz CT molecular complexity index is 76.6. The molecule has 0 aliphatic carbocycles. The zero-order chi connectivity index (χ0) is 4.12. The quantitative estimate of drug-likeness (QED) is 0.320. The van der Waals surface area contributed by atoms with Crippen molar-refractivity contribution < 1.29 is 4.57 Å². The van der Waals surface area contributed by atoms with Gasteiger partial charge >= 0.3 is 0 Å². The Labute approximate surface area is 32.6 Å². The maximum atomic E-state index is 9.33. The monoisotopic (exact) mass is 86.0 g/mol. The number of hydrogen-bond acceptors (Lipinski definition) is 1. The molecule has 1 nitrogen and oxygen atoms in total. The third kappa shape index (κ3) is 3.66. The van der Waals surface area contributed by atoms with Gasteiger partial charge in [0, 0.05) is 0 Å². The molecule has 0 aliphatic heterocycles. The lowest BCUT2D eigenvalue weighted by Gasteiger charge is -1.40. The van der Waals surface area contributed by atoms with Crippen LogP contribution >= 0.6 is 8.46 Å². The lowest BCUT2D eigenvalue weighted by Crippen LogP contribution is -1.24. The average Bonchev–Trinajstić information content (AvgIpc) is 1.41. The molecule has 26 valence electrons. The highest BCUT2D eigenvalue weighted by atomic mass is 31.1. The number of rotatable bonds is 0. The van der Waals surface area contributed by atoms with Crippen LogP contribution in [0.5, 0.6) is 0 Å². The molecule has 0 saturated carbocycles. The molecule has 0 aromatic carbocycles. The summed E-state index contributed by atoms with van der Waals surface area (Å²) < 4.78 is 9.33. The van der Waals surface area contributed by atoms with Gasteiger partial charge in [0.25, 0.3) is 0 Å².